The number of nitrogens with zero attached hydrogens (tertiary/aromatic N) is 3. The molecule has 3 aromatic rings. The van der Waals surface area contributed by atoms with Crippen LogP contribution in [0.2, 0.25) is 0 Å². The van der Waals surface area contributed by atoms with E-state index >= 15 is 0 Å². The van der Waals surface area contributed by atoms with E-state index in [-0.39, 0.29) is 16.8 Å². The second kappa shape index (κ2) is 8.29. The van der Waals surface area contributed by atoms with Crippen molar-refractivity contribution in [2.24, 2.45) is 5.41 Å². The normalized spacial score (nSPS) is 22.8. The van der Waals surface area contributed by atoms with Crippen LogP contribution in [-0.2, 0) is 16.7 Å². The van der Waals surface area contributed by atoms with Crippen LogP contribution in [-0.4, -0.2) is 41.2 Å². The Balaban J connectivity index is 1.34. The largest absolute Gasteiger partial charge is 0.381 e. The van der Waals surface area contributed by atoms with Gasteiger partial charge < -0.3 is 4.74 Å². The van der Waals surface area contributed by atoms with Crippen LogP contribution in [0.3, 0.4) is 0 Å². The van der Waals surface area contributed by atoms with Crippen LogP contribution in [0.25, 0.3) is 10.9 Å². The SMILES string of the molecule is CCOC[C@@]1(CCc2ccc(F)cn2)CCN(C2(c3cnc4ccccc4c3)CC2)C1. The summed E-state index contributed by atoms with van der Waals surface area (Å²) in [6.45, 7) is 5.67. The number of aryl methyl sites for hydroxylation is 1. The number of halogens is 1. The van der Waals surface area contributed by atoms with Gasteiger partial charge in [0, 0.05) is 41.4 Å². The van der Waals surface area contributed by atoms with E-state index in [0.717, 1.165) is 56.8 Å². The van der Waals surface area contributed by atoms with E-state index in [1.54, 1.807) is 6.07 Å². The number of rotatable bonds is 8. The van der Waals surface area contributed by atoms with Gasteiger partial charge in [0.1, 0.15) is 5.82 Å². The number of aromatic nitrogens is 2. The monoisotopic (exact) mass is 419 g/mol. The Morgan fingerprint density at radius 1 is 1.06 bits per heavy atom. The second-order valence-electron chi connectivity index (χ2n) is 9.22. The van der Waals surface area contributed by atoms with Crippen LogP contribution in [0.1, 0.15) is 43.9 Å². The zero-order chi connectivity index (χ0) is 21.3. The minimum atomic E-state index is -0.278. The van der Waals surface area contributed by atoms with Gasteiger partial charge in [-0.05, 0) is 75.4 Å². The summed E-state index contributed by atoms with van der Waals surface area (Å²) >= 11 is 0. The molecule has 0 amide bonds. The van der Waals surface area contributed by atoms with Crippen LogP contribution >= 0.6 is 0 Å². The Morgan fingerprint density at radius 2 is 1.94 bits per heavy atom. The molecule has 162 valence electrons. The minimum absolute atomic E-state index is 0.117. The third-order valence-electron chi connectivity index (χ3n) is 7.21. The van der Waals surface area contributed by atoms with E-state index in [4.69, 9.17) is 9.72 Å². The molecule has 0 bridgehead atoms. The summed E-state index contributed by atoms with van der Waals surface area (Å²) in [7, 11) is 0. The summed E-state index contributed by atoms with van der Waals surface area (Å²) in [6.07, 6.45) is 8.77. The smallest absolute Gasteiger partial charge is 0.141 e. The van der Waals surface area contributed by atoms with Crippen molar-refractivity contribution in [3.05, 3.63) is 71.9 Å². The molecule has 1 aliphatic heterocycles. The lowest BCUT2D eigenvalue weighted by Gasteiger charge is -2.33. The first-order valence-electron chi connectivity index (χ1n) is 11.4. The van der Waals surface area contributed by atoms with Crippen molar-refractivity contribution in [1.29, 1.82) is 0 Å². The molecular formula is C26H30FN3O. The highest BCUT2D eigenvalue weighted by Crippen LogP contribution is 2.55. The number of pyridine rings is 2. The summed E-state index contributed by atoms with van der Waals surface area (Å²) < 4.78 is 19.2. The molecule has 1 aromatic carbocycles. The molecule has 1 saturated heterocycles. The molecular weight excluding hydrogens is 389 g/mol. The van der Waals surface area contributed by atoms with Crippen molar-refractivity contribution in [1.82, 2.24) is 14.9 Å². The molecule has 2 aliphatic rings. The van der Waals surface area contributed by atoms with E-state index < -0.39 is 0 Å². The molecule has 3 heterocycles. The van der Waals surface area contributed by atoms with Gasteiger partial charge in [-0.15, -0.1) is 0 Å². The number of hydrogen-bond acceptors (Lipinski definition) is 4. The maximum Gasteiger partial charge on any atom is 0.141 e. The van der Waals surface area contributed by atoms with Crippen molar-refractivity contribution in [3.63, 3.8) is 0 Å². The van der Waals surface area contributed by atoms with Gasteiger partial charge in [-0.25, -0.2) is 4.39 Å². The van der Waals surface area contributed by atoms with E-state index in [1.165, 1.54) is 36.1 Å². The summed E-state index contributed by atoms with van der Waals surface area (Å²) in [5.74, 6) is -0.278. The van der Waals surface area contributed by atoms with Crippen LogP contribution in [0.5, 0.6) is 0 Å². The maximum absolute atomic E-state index is 13.2. The Labute approximate surface area is 183 Å². The van der Waals surface area contributed by atoms with Gasteiger partial charge in [0.2, 0.25) is 0 Å². The molecule has 0 unspecified atom stereocenters. The number of benzene rings is 1. The zero-order valence-corrected chi connectivity index (χ0v) is 18.2. The average Bonchev–Trinajstić information content (AvgIpc) is 3.51. The van der Waals surface area contributed by atoms with Gasteiger partial charge in [0.15, 0.2) is 0 Å². The van der Waals surface area contributed by atoms with Gasteiger partial charge in [-0.2, -0.15) is 0 Å². The molecule has 0 radical (unpaired) electrons. The number of fused-ring (bicyclic) bond motifs is 1. The zero-order valence-electron chi connectivity index (χ0n) is 18.2. The highest BCUT2D eigenvalue weighted by molar-refractivity contribution is 5.79. The predicted molar refractivity (Wildman–Crippen MR) is 120 cm³/mol. The van der Waals surface area contributed by atoms with E-state index in [1.807, 2.05) is 6.07 Å². The molecule has 1 atom stereocenters. The topological polar surface area (TPSA) is 38.2 Å². The fourth-order valence-electron chi connectivity index (χ4n) is 5.19. The molecule has 4 nitrogen and oxygen atoms in total. The fraction of sp³-hybridized carbons (Fsp3) is 0.462. The molecule has 0 N–H and O–H groups in total. The lowest BCUT2D eigenvalue weighted by Crippen LogP contribution is -2.38. The molecule has 0 spiro atoms. The predicted octanol–water partition coefficient (Wildman–Crippen LogP) is 5.12. The highest BCUT2D eigenvalue weighted by Gasteiger charge is 2.54. The van der Waals surface area contributed by atoms with Gasteiger partial charge in [-0.1, -0.05) is 18.2 Å². The van der Waals surface area contributed by atoms with Crippen LogP contribution in [0.15, 0.2) is 54.9 Å². The lowest BCUT2D eigenvalue weighted by molar-refractivity contribution is 0.0442. The van der Waals surface area contributed by atoms with E-state index in [0.29, 0.717) is 0 Å². The van der Waals surface area contributed by atoms with Crippen molar-refractivity contribution >= 4 is 10.9 Å². The van der Waals surface area contributed by atoms with Crippen molar-refractivity contribution < 1.29 is 9.13 Å². The van der Waals surface area contributed by atoms with E-state index in [9.17, 15) is 4.39 Å². The minimum Gasteiger partial charge on any atom is -0.381 e. The summed E-state index contributed by atoms with van der Waals surface area (Å²) in [4.78, 5) is 11.7. The first-order valence-corrected chi connectivity index (χ1v) is 11.4. The highest BCUT2D eigenvalue weighted by atomic mass is 19.1. The Kier molecular flexibility index (Phi) is 5.49. The lowest BCUT2D eigenvalue weighted by atomic mass is 9.82. The van der Waals surface area contributed by atoms with Gasteiger partial charge >= 0.3 is 0 Å². The molecule has 1 aliphatic carbocycles. The molecule has 5 heteroatoms. The maximum atomic E-state index is 13.2. The molecule has 31 heavy (non-hydrogen) atoms. The van der Waals surface area contributed by atoms with Gasteiger partial charge in [-0.3, -0.25) is 14.9 Å². The quantitative estimate of drug-likeness (QED) is 0.508. The Morgan fingerprint density at radius 3 is 2.71 bits per heavy atom. The fourth-order valence-corrected chi connectivity index (χ4v) is 5.19. The number of ether oxygens (including phenoxy) is 1. The standard InChI is InChI=1S/C26H30FN3O/c1-2-31-19-25(10-9-23-8-7-22(27)17-28-23)13-14-30(18-25)26(11-12-26)21-15-20-5-3-4-6-24(20)29-16-21/h3-8,15-17H,2,9-14,18-19H2,1H3/t25-/m0/s1. The number of para-hydroxylation sites is 1. The van der Waals surface area contributed by atoms with Gasteiger partial charge in [0.25, 0.3) is 0 Å². The van der Waals surface area contributed by atoms with Crippen molar-refractivity contribution in [3.8, 4) is 0 Å². The average molecular weight is 420 g/mol. The van der Waals surface area contributed by atoms with Crippen molar-refractivity contribution in [2.75, 3.05) is 26.3 Å². The van der Waals surface area contributed by atoms with Crippen molar-refractivity contribution in [2.45, 2.75) is 44.6 Å². The third kappa shape index (κ3) is 4.09. The summed E-state index contributed by atoms with van der Waals surface area (Å²) in [5, 5.41) is 1.22. The first kappa shape index (κ1) is 20.5. The summed E-state index contributed by atoms with van der Waals surface area (Å²) in [5.41, 5.74) is 3.60. The molecule has 5 rings (SSSR count). The van der Waals surface area contributed by atoms with Crippen LogP contribution < -0.4 is 0 Å². The molecule has 1 saturated carbocycles. The van der Waals surface area contributed by atoms with Gasteiger partial charge in [0.05, 0.1) is 18.3 Å². The second-order valence-corrected chi connectivity index (χ2v) is 9.22. The summed E-state index contributed by atoms with van der Waals surface area (Å²) in [6, 6.07) is 14.0. The van der Waals surface area contributed by atoms with Crippen LogP contribution in [0, 0.1) is 11.2 Å². The number of likely N-dealkylation sites (tertiary alicyclic amines) is 1. The molecule has 2 aromatic heterocycles. The first-order chi connectivity index (χ1) is 15.1. The van der Waals surface area contributed by atoms with Crippen LogP contribution in [0.4, 0.5) is 4.39 Å². The Hall–Kier alpha value is -2.37. The Bertz CT molecular complexity index is 1050. The number of hydrogen-bond donors (Lipinski definition) is 0. The third-order valence-corrected chi connectivity index (χ3v) is 7.21. The molecule has 2 fully saturated rings. The van der Waals surface area contributed by atoms with E-state index in [2.05, 4.69) is 47.3 Å².